The third-order valence-electron chi connectivity index (χ3n) is 3.07. The van der Waals surface area contributed by atoms with Crippen molar-refractivity contribution in [2.24, 2.45) is 0 Å². The Labute approximate surface area is 141 Å². The van der Waals surface area contributed by atoms with Gasteiger partial charge in [-0.2, -0.15) is 0 Å². The molecule has 1 heterocycles. The van der Waals surface area contributed by atoms with Gasteiger partial charge >= 0.3 is 0 Å². The first-order valence-electron chi connectivity index (χ1n) is 6.34. The lowest BCUT2D eigenvalue weighted by Crippen LogP contribution is -2.27. The smallest absolute Gasteiger partial charge is 0.268 e. The van der Waals surface area contributed by atoms with E-state index in [1.54, 1.807) is 12.1 Å². The molecule has 0 N–H and O–H groups in total. The lowest BCUT2D eigenvalue weighted by molar-refractivity contribution is -0.113. The summed E-state index contributed by atoms with van der Waals surface area (Å²) in [5, 5.41) is 0.564. The largest absolute Gasteiger partial charge is 0.270 e. The molecule has 3 rings (SSSR count). The van der Waals surface area contributed by atoms with Crippen LogP contribution in [0.25, 0.3) is 6.08 Å². The van der Waals surface area contributed by atoms with Gasteiger partial charge in [-0.15, -0.1) is 0 Å². The van der Waals surface area contributed by atoms with Crippen molar-refractivity contribution in [3.05, 3.63) is 69.8 Å². The Morgan fingerprint density at radius 2 is 1.82 bits per heavy atom. The lowest BCUT2D eigenvalue weighted by Gasteiger charge is -2.14. The average molecular weight is 350 g/mol. The third-order valence-corrected chi connectivity index (χ3v) is 4.72. The minimum absolute atomic E-state index is 0.235. The molecule has 2 aromatic carbocycles. The second-order valence-electron chi connectivity index (χ2n) is 4.52. The SMILES string of the molecule is O=C1C(=Cc2ccccc2Cl)SC(=S)N1c1ccc(F)cc1. The standard InChI is InChI=1S/C16H9ClFNOS2/c17-13-4-2-1-3-10(13)9-14-15(20)19(16(21)22-14)12-7-5-11(18)6-8-12/h1-9H. The summed E-state index contributed by atoms with van der Waals surface area (Å²) in [5.74, 6) is -0.595. The van der Waals surface area contributed by atoms with Gasteiger partial charge < -0.3 is 0 Å². The van der Waals surface area contributed by atoms with Crippen LogP contribution in [0, 0.1) is 5.82 Å². The highest BCUT2D eigenvalue weighted by molar-refractivity contribution is 8.27. The molecule has 1 aliphatic heterocycles. The Balaban J connectivity index is 1.95. The fourth-order valence-electron chi connectivity index (χ4n) is 2.01. The van der Waals surface area contributed by atoms with E-state index in [-0.39, 0.29) is 11.7 Å². The van der Waals surface area contributed by atoms with E-state index >= 15 is 0 Å². The van der Waals surface area contributed by atoms with E-state index in [4.69, 9.17) is 23.8 Å². The minimum Gasteiger partial charge on any atom is -0.268 e. The fraction of sp³-hybridized carbons (Fsp3) is 0. The van der Waals surface area contributed by atoms with Gasteiger partial charge in [-0.1, -0.05) is 53.8 Å². The van der Waals surface area contributed by atoms with Gasteiger partial charge in [0.15, 0.2) is 4.32 Å². The Morgan fingerprint density at radius 1 is 1.14 bits per heavy atom. The molecule has 0 spiro atoms. The number of hydrogen-bond donors (Lipinski definition) is 0. The molecule has 0 saturated carbocycles. The van der Waals surface area contributed by atoms with Crippen LogP contribution in [0.15, 0.2) is 53.4 Å². The lowest BCUT2D eigenvalue weighted by atomic mass is 10.2. The summed E-state index contributed by atoms with van der Waals surface area (Å²) in [6.07, 6.45) is 1.71. The van der Waals surface area contributed by atoms with Gasteiger partial charge in [0.1, 0.15) is 5.82 Å². The van der Waals surface area contributed by atoms with Crippen LogP contribution in [0.4, 0.5) is 10.1 Å². The number of nitrogens with zero attached hydrogens (tertiary/aromatic N) is 1. The number of amides is 1. The summed E-state index contributed by atoms with van der Waals surface area (Å²) in [4.78, 5) is 14.4. The number of benzene rings is 2. The second-order valence-corrected chi connectivity index (χ2v) is 6.60. The Hall–Kier alpha value is -1.69. The minimum atomic E-state index is -0.360. The Morgan fingerprint density at radius 3 is 2.50 bits per heavy atom. The van der Waals surface area contributed by atoms with Crippen molar-refractivity contribution in [2.45, 2.75) is 0 Å². The number of thioether (sulfide) groups is 1. The van der Waals surface area contributed by atoms with E-state index in [1.165, 1.54) is 40.9 Å². The van der Waals surface area contributed by atoms with Gasteiger partial charge in [0.2, 0.25) is 0 Å². The first-order chi connectivity index (χ1) is 10.6. The predicted molar refractivity (Wildman–Crippen MR) is 93.5 cm³/mol. The highest BCUT2D eigenvalue weighted by atomic mass is 35.5. The van der Waals surface area contributed by atoms with Gasteiger partial charge in [-0.25, -0.2) is 4.39 Å². The fourth-order valence-corrected chi connectivity index (χ4v) is 3.49. The quantitative estimate of drug-likeness (QED) is 0.569. The van der Waals surface area contributed by atoms with E-state index < -0.39 is 0 Å². The van der Waals surface area contributed by atoms with Gasteiger partial charge in [-0.05, 0) is 42.0 Å². The van der Waals surface area contributed by atoms with E-state index in [9.17, 15) is 9.18 Å². The first-order valence-corrected chi connectivity index (χ1v) is 7.94. The molecule has 0 aromatic heterocycles. The Kier molecular flexibility index (Phi) is 4.29. The summed E-state index contributed by atoms with van der Waals surface area (Å²) < 4.78 is 13.4. The highest BCUT2D eigenvalue weighted by Gasteiger charge is 2.33. The maximum Gasteiger partial charge on any atom is 0.270 e. The van der Waals surface area contributed by atoms with E-state index in [0.717, 1.165) is 5.56 Å². The van der Waals surface area contributed by atoms with Crippen LogP contribution in [0.5, 0.6) is 0 Å². The van der Waals surface area contributed by atoms with E-state index in [2.05, 4.69) is 0 Å². The predicted octanol–water partition coefficient (Wildman–Crippen LogP) is 4.88. The average Bonchev–Trinajstić information content (AvgIpc) is 2.77. The van der Waals surface area contributed by atoms with Crippen LogP contribution < -0.4 is 4.90 Å². The molecular formula is C16H9ClFNOS2. The molecule has 2 aromatic rings. The second kappa shape index (κ2) is 6.20. The number of hydrogen-bond acceptors (Lipinski definition) is 3. The van der Waals surface area contributed by atoms with Crippen molar-refractivity contribution >= 4 is 57.6 Å². The molecule has 22 heavy (non-hydrogen) atoms. The van der Waals surface area contributed by atoms with E-state index in [1.807, 2.05) is 18.2 Å². The molecule has 1 fully saturated rings. The molecule has 1 aliphatic rings. The number of thiocarbonyl (C=S) groups is 1. The van der Waals surface area contributed by atoms with Crippen molar-refractivity contribution < 1.29 is 9.18 Å². The maximum absolute atomic E-state index is 13.0. The third kappa shape index (κ3) is 2.92. The van der Waals surface area contributed by atoms with Crippen molar-refractivity contribution in [1.82, 2.24) is 0 Å². The number of carbonyl (C=O) groups is 1. The monoisotopic (exact) mass is 349 g/mol. The van der Waals surface area contributed by atoms with Gasteiger partial charge in [-0.3, -0.25) is 9.69 Å². The number of carbonyl (C=O) groups excluding carboxylic acids is 1. The zero-order valence-electron chi connectivity index (χ0n) is 11.1. The van der Waals surface area contributed by atoms with Crippen LogP contribution in [0.2, 0.25) is 5.02 Å². The molecule has 0 aliphatic carbocycles. The molecule has 1 amide bonds. The molecule has 0 bridgehead atoms. The summed E-state index contributed by atoms with van der Waals surface area (Å²) in [7, 11) is 0. The summed E-state index contributed by atoms with van der Waals surface area (Å²) in [5.41, 5.74) is 1.30. The number of anilines is 1. The van der Waals surface area contributed by atoms with Crippen molar-refractivity contribution in [2.75, 3.05) is 4.90 Å². The molecular weight excluding hydrogens is 341 g/mol. The van der Waals surface area contributed by atoms with Crippen LogP contribution >= 0.6 is 35.6 Å². The first kappa shape index (κ1) is 15.2. The molecule has 0 radical (unpaired) electrons. The maximum atomic E-state index is 13.0. The number of halogens is 2. The molecule has 0 atom stereocenters. The zero-order chi connectivity index (χ0) is 15.7. The van der Waals surface area contributed by atoms with Crippen LogP contribution in [0.3, 0.4) is 0 Å². The van der Waals surface area contributed by atoms with E-state index in [0.29, 0.717) is 19.9 Å². The highest BCUT2D eigenvalue weighted by Crippen LogP contribution is 2.36. The van der Waals surface area contributed by atoms with Crippen molar-refractivity contribution in [1.29, 1.82) is 0 Å². The van der Waals surface area contributed by atoms with Gasteiger partial charge in [0.25, 0.3) is 5.91 Å². The Bertz CT molecular complexity index is 789. The normalized spacial score (nSPS) is 16.6. The van der Waals surface area contributed by atoms with Gasteiger partial charge in [0.05, 0.1) is 10.6 Å². The van der Waals surface area contributed by atoms with Crippen molar-refractivity contribution in [3.63, 3.8) is 0 Å². The van der Waals surface area contributed by atoms with Crippen molar-refractivity contribution in [3.8, 4) is 0 Å². The molecule has 110 valence electrons. The summed E-state index contributed by atoms with van der Waals surface area (Å²) >= 11 is 12.6. The van der Waals surface area contributed by atoms with Gasteiger partial charge in [0, 0.05) is 5.02 Å². The molecule has 1 saturated heterocycles. The molecule has 0 unspecified atom stereocenters. The van der Waals surface area contributed by atoms with Crippen LogP contribution in [-0.2, 0) is 4.79 Å². The summed E-state index contributed by atoms with van der Waals surface area (Å²) in [6, 6.07) is 12.9. The zero-order valence-corrected chi connectivity index (χ0v) is 13.5. The molecule has 2 nitrogen and oxygen atoms in total. The summed E-state index contributed by atoms with van der Waals surface area (Å²) in [6.45, 7) is 0. The number of rotatable bonds is 2. The topological polar surface area (TPSA) is 20.3 Å². The van der Waals surface area contributed by atoms with Crippen LogP contribution in [0.1, 0.15) is 5.56 Å². The van der Waals surface area contributed by atoms with Crippen LogP contribution in [-0.4, -0.2) is 10.2 Å². The molecule has 6 heteroatoms.